The molecule has 1 heterocycles. The molecule has 0 spiro atoms. The molecule has 2 atom stereocenters. The summed E-state index contributed by atoms with van der Waals surface area (Å²) in [6.07, 6.45) is -5.32. The number of ether oxygens (including phenoxy) is 1. The molecule has 4 rings (SSSR count). The Balaban J connectivity index is 1.64. The van der Waals surface area contributed by atoms with Gasteiger partial charge in [-0.05, 0) is 55.8 Å². The number of carbonyl (C=O) groups is 3. The Kier molecular flexibility index (Phi) is 9.05. The molecule has 0 bridgehead atoms. The van der Waals surface area contributed by atoms with E-state index >= 15 is 0 Å². The van der Waals surface area contributed by atoms with E-state index in [9.17, 15) is 36.3 Å². The Bertz CT molecular complexity index is 1510. The summed E-state index contributed by atoms with van der Waals surface area (Å²) < 4.78 is 73.9. The summed E-state index contributed by atoms with van der Waals surface area (Å²) in [5, 5.41) is 5.00. The molecule has 0 radical (unpaired) electrons. The number of carbonyl (C=O) groups excluding carboxylic acids is 3. The molecule has 0 saturated carbocycles. The van der Waals surface area contributed by atoms with Gasteiger partial charge < -0.3 is 20.3 Å². The van der Waals surface area contributed by atoms with Crippen LogP contribution in [0, 0.1) is 11.6 Å². The minimum Gasteiger partial charge on any atom is -0.489 e. The molecular weight excluding hydrogens is 585 g/mol. The van der Waals surface area contributed by atoms with Crippen molar-refractivity contribution in [3.05, 3.63) is 94.0 Å². The van der Waals surface area contributed by atoms with E-state index in [4.69, 9.17) is 16.3 Å². The van der Waals surface area contributed by atoms with Crippen LogP contribution in [0.15, 0.2) is 60.7 Å². The molecular formula is C29H25ClF5N3O4. The molecule has 222 valence electrons. The maximum atomic E-state index is 13.9. The van der Waals surface area contributed by atoms with Gasteiger partial charge in [0.05, 0.1) is 16.8 Å². The molecule has 1 aliphatic rings. The Morgan fingerprint density at radius 1 is 1.05 bits per heavy atom. The van der Waals surface area contributed by atoms with Gasteiger partial charge in [0.25, 0.3) is 11.8 Å². The predicted octanol–water partition coefficient (Wildman–Crippen LogP) is 5.30. The second-order valence-corrected chi connectivity index (χ2v) is 10.2. The first-order chi connectivity index (χ1) is 19.8. The standard InChI is InChI=1S/C29H25ClF5N3O4/c1-15(2)38-24-10-8-18(32)13-25(24)42-14-23(28(38)41)37-27(40)22(11-16-5-3-4-6-21(16)30)36-26(39)19-9-7-17(31)12-20(19)29(33,34)35/h3-10,12-13,15,22-23H,11,14H2,1-2H3,(H,36,39)(H,37,40)/t22-,23?/m1/s1. The summed E-state index contributed by atoms with van der Waals surface area (Å²) >= 11 is 6.24. The van der Waals surface area contributed by atoms with Gasteiger partial charge >= 0.3 is 6.18 Å². The fourth-order valence-corrected chi connectivity index (χ4v) is 4.73. The second-order valence-electron chi connectivity index (χ2n) is 9.80. The SMILES string of the molecule is CC(C)N1C(=O)C(NC(=O)[C@@H](Cc2ccccc2Cl)NC(=O)c2ccc(F)cc2C(F)(F)F)COc2cc(F)ccc21. The van der Waals surface area contributed by atoms with Crippen molar-refractivity contribution < 1.29 is 41.1 Å². The molecule has 1 unspecified atom stereocenters. The molecule has 0 aliphatic carbocycles. The maximum absolute atomic E-state index is 13.9. The topological polar surface area (TPSA) is 87.7 Å². The van der Waals surface area contributed by atoms with Crippen molar-refractivity contribution in [3.8, 4) is 5.75 Å². The van der Waals surface area contributed by atoms with Crippen LogP contribution in [0.4, 0.5) is 27.6 Å². The summed E-state index contributed by atoms with van der Waals surface area (Å²) in [7, 11) is 0. The average molecular weight is 610 g/mol. The number of benzene rings is 3. The lowest BCUT2D eigenvalue weighted by Crippen LogP contribution is -2.57. The number of hydrogen-bond donors (Lipinski definition) is 2. The molecule has 13 heteroatoms. The van der Waals surface area contributed by atoms with E-state index in [1.807, 2.05) is 0 Å². The Morgan fingerprint density at radius 3 is 2.38 bits per heavy atom. The molecule has 3 amide bonds. The van der Waals surface area contributed by atoms with E-state index in [0.29, 0.717) is 17.7 Å². The lowest BCUT2D eigenvalue weighted by atomic mass is 10.0. The maximum Gasteiger partial charge on any atom is 0.417 e. The predicted molar refractivity (Wildman–Crippen MR) is 144 cm³/mol. The second kappa shape index (κ2) is 12.4. The van der Waals surface area contributed by atoms with Gasteiger partial charge in [-0.2, -0.15) is 13.2 Å². The number of nitrogens with zero attached hydrogens (tertiary/aromatic N) is 1. The zero-order chi connectivity index (χ0) is 30.8. The third kappa shape index (κ3) is 6.81. The number of alkyl halides is 3. The smallest absolute Gasteiger partial charge is 0.417 e. The number of rotatable bonds is 7. The lowest BCUT2D eigenvalue weighted by Gasteiger charge is -2.29. The van der Waals surface area contributed by atoms with E-state index in [0.717, 1.165) is 12.1 Å². The van der Waals surface area contributed by atoms with Crippen molar-refractivity contribution in [1.82, 2.24) is 10.6 Å². The number of nitrogens with one attached hydrogen (secondary N) is 2. The molecule has 2 N–H and O–H groups in total. The normalized spacial score (nSPS) is 15.9. The largest absolute Gasteiger partial charge is 0.489 e. The van der Waals surface area contributed by atoms with Gasteiger partial charge in [-0.15, -0.1) is 0 Å². The number of amides is 3. The van der Waals surface area contributed by atoms with Crippen LogP contribution in [-0.4, -0.2) is 42.5 Å². The van der Waals surface area contributed by atoms with Gasteiger partial charge in [0.2, 0.25) is 5.91 Å². The number of fused-ring (bicyclic) bond motifs is 1. The highest BCUT2D eigenvalue weighted by molar-refractivity contribution is 6.31. The first-order valence-electron chi connectivity index (χ1n) is 12.7. The van der Waals surface area contributed by atoms with Crippen molar-refractivity contribution in [2.45, 2.75) is 44.6 Å². The fraction of sp³-hybridized carbons (Fsp3) is 0.276. The number of anilines is 1. The van der Waals surface area contributed by atoms with Gasteiger partial charge in [-0.1, -0.05) is 29.8 Å². The molecule has 7 nitrogen and oxygen atoms in total. The highest BCUT2D eigenvalue weighted by Crippen LogP contribution is 2.34. The quantitative estimate of drug-likeness (QED) is 0.356. The van der Waals surface area contributed by atoms with Gasteiger partial charge in [-0.3, -0.25) is 14.4 Å². The molecule has 1 aliphatic heterocycles. The van der Waals surface area contributed by atoms with Crippen molar-refractivity contribution in [1.29, 1.82) is 0 Å². The molecule has 3 aromatic rings. The van der Waals surface area contributed by atoms with Gasteiger partial charge in [-0.25, -0.2) is 8.78 Å². The van der Waals surface area contributed by atoms with Crippen molar-refractivity contribution in [2.75, 3.05) is 11.5 Å². The molecule has 3 aromatic carbocycles. The van der Waals surface area contributed by atoms with Crippen LogP contribution in [0.3, 0.4) is 0 Å². The third-order valence-electron chi connectivity index (χ3n) is 6.49. The first kappa shape index (κ1) is 30.8. The minimum atomic E-state index is -5.06. The highest BCUT2D eigenvalue weighted by Gasteiger charge is 2.38. The molecule has 0 aromatic heterocycles. The van der Waals surface area contributed by atoms with Crippen LogP contribution in [0.25, 0.3) is 0 Å². The summed E-state index contributed by atoms with van der Waals surface area (Å²) in [5.41, 5.74) is -1.77. The summed E-state index contributed by atoms with van der Waals surface area (Å²) in [6.45, 7) is 3.01. The van der Waals surface area contributed by atoms with Crippen LogP contribution >= 0.6 is 11.6 Å². The van der Waals surface area contributed by atoms with E-state index < -0.39 is 71.4 Å². The number of halogens is 6. The lowest BCUT2D eigenvalue weighted by molar-refractivity contribution is -0.138. The zero-order valence-corrected chi connectivity index (χ0v) is 23.0. The van der Waals surface area contributed by atoms with E-state index in [-0.39, 0.29) is 28.9 Å². The van der Waals surface area contributed by atoms with Gasteiger partial charge in [0.1, 0.15) is 36.1 Å². The Hall–Kier alpha value is -4.19. The van der Waals surface area contributed by atoms with Crippen molar-refractivity contribution in [3.63, 3.8) is 0 Å². The minimum absolute atomic E-state index is 0.0747. The molecule has 0 saturated heterocycles. The van der Waals surface area contributed by atoms with Gasteiger partial charge in [0.15, 0.2) is 0 Å². The summed E-state index contributed by atoms with van der Waals surface area (Å²) in [6, 6.07) is 8.21. The van der Waals surface area contributed by atoms with E-state index in [2.05, 4.69) is 10.6 Å². The van der Waals surface area contributed by atoms with Crippen molar-refractivity contribution in [2.24, 2.45) is 0 Å². The van der Waals surface area contributed by atoms with E-state index in [1.54, 1.807) is 32.0 Å². The first-order valence-corrected chi connectivity index (χ1v) is 13.1. The average Bonchev–Trinajstić information content (AvgIpc) is 3.04. The fourth-order valence-electron chi connectivity index (χ4n) is 4.52. The van der Waals surface area contributed by atoms with Crippen LogP contribution in [0.5, 0.6) is 5.75 Å². The third-order valence-corrected chi connectivity index (χ3v) is 6.86. The Morgan fingerprint density at radius 2 is 1.71 bits per heavy atom. The van der Waals surface area contributed by atoms with Crippen LogP contribution < -0.4 is 20.3 Å². The molecule has 0 fully saturated rings. The van der Waals surface area contributed by atoms with Crippen LogP contribution in [-0.2, 0) is 22.2 Å². The van der Waals surface area contributed by atoms with Crippen LogP contribution in [0.2, 0.25) is 5.02 Å². The van der Waals surface area contributed by atoms with Gasteiger partial charge in [0, 0.05) is 23.6 Å². The van der Waals surface area contributed by atoms with Crippen molar-refractivity contribution >= 4 is 35.0 Å². The highest BCUT2D eigenvalue weighted by atomic mass is 35.5. The van der Waals surface area contributed by atoms with Crippen LogP contribution in [0.1, 0.15) is 35.3 Å². The summed E-state index contributed by atoms with van der Waals surface area (Å²) in [5.74, 6) is -4.55. The van der Waals surface area contributed by atoms with E-state index in [1.165, 1.54) is 17.0 Å². The Labute approximate surface area is 242 Å². The number of hydrogen-bond acceptors (Lipinski definition) is 4. The zero-order valence-electron chi connectivity index (χ0n) is 22.3. The molecule has 42 heavy (non-hydrogen) atoms. The monoisotopic (exact) mass is 609 g/mol. The summed E-state index contributed by atoms with van der Waals surface area (Å²) in [4.78, 5) is 41.4.